The van der Waals surface area contributed by atoms with Crippen LogP contribution in [0.3, 0.4) is 0 Å². The molecule has 28 heavy (non-hydrogen) atoms. The van der Waals surface area contributed by atoms with E-state index in [0.717, 1.165) is 37.6 Å². The van der Waals surface area contributed by atoms with Crippen molar-refractivity contribution in [2.24, 2.45) is 0 Å². The highest BCUT2D eigenvalue weighted by Crippen LogP contribution is 2.18. The van der Waals surface area contributed by atoms with Crippen LogP contribution in [-0.2, 0) is 33.3 Å². The first-order valence-corrected chi connectivity index (χ1v) is 8.15. The lowest BCUT2D eigenvalue weighted by Crippen LogP contribution is -2.44. The van der Waals surface area contributed by atoms with E-state index in [4.69, 9.17) is 18.9 Å². The van der Waals surface area contributed by atoms with Crippen molar-refractivity contribution in [1.29, 1.82) is 0 Å². The highest BCUT2D eigenvalue weighted by molar-refractivity contribution is 5.66. The predicted molar refractivity (Wildman–Crippen MR) is 91.1 cm³/mol. The van der Waals surface area contributed by atoms with Crippen LogP contribution in [0.15, 0.2) is 21.9 Å². The quantitative estimate of drug-likeness (QED) is 0.347. The van der Waals surface area contributed by atoms with Crippen LogP contribution in [0.2, 0.25) is 0 Å². The number of aliphatic hydroxyl groups is 1. The number of ether oxygens (including phenoxy) is 4. The number of H-pyrrole nitrogens is 1. The third-order valence-corrected chi connectivity index (χ3v) is 3.22. The molecule has 12 nitrogen and oxygen atoms in total. The van der Waals surface area contributed by atoms with Gasteiger partial charge in [-0.3, -0.25) is 28.7 Å². The summed E-state index contributed by atoms with van der Waals surface area (Å²) in [4.78, 5) is 58.9. The van der Waals surface area contributed by atoms with Crippen molar-refractivity contribution in [3.05, 3.63) is 33.1 Å². The van der Waals surface area contributed by atoms with Crippen LogP contribution >= 0.6 is 0 Å². The van der Waals surface area contributed by atoms with E-state index in [0.29, 0.717) is 0 Å². The van der Waals surface area contributed by atoms with Crippen molar-refractivity contribution >= 4 is 17.9 Å². The summed E-state index contributed by atoms with van der Waals surface area (Å²) in [5.74, 6) is -2.03. The molecule has 0 aliphatic carbocycles. The minimum atomic E-state index is -1.42. The van der Waals surface area contributed by atoms with Crippen LogP contribution in [0, 0.1) is 0 Å². The van der Waals surface area contributed by atoms with Gasteiger partial charge in [-0.2, -0.15) is 0 Å². The number of aliphatic hydroxyl groups excluding tert-OH is 1. The minimum absolute atomic E-state index is 0.352. The molecule has 1 heterocycles. The number of nitrogens with zero attached hydrogens (tertiary/aromatic N) is 1. The Morgan fingerprint density at radius 2 is 1.64 bits per heavy atom. The zero-order valence-electron chi connectivity index (χ0n) is 15.6. The molecule has 0 radical (unpaired) electrons. The Kier molecular flexibility index (Phi) is 9.05. The lowest BCUT2D eigenvalue weighted by molar-refractivity contribution is -0.188. The zero-order chi connectivity index (χ0) is 21.3. The fraction of sp³-hybridized carbons (Fsp3) is 0.562. The second-order valence-corrected chi connectivity index (χ2v) is 5.60. The molecule has 0 unspecified atom stereocenters. The second kappa shape index (κ2) is 11.0. The second-order valence-electron chi connectivity index (χ2n) is 5.60. The molecule has 1 aromatic rings. The van der Waals surface area contributed by atoms with E-state index in [-0.39, 0.29) is 13.2 Å². The van der Waals surface area contributed by atoms with Gasteiger partial charge in [-0.25, -0.2) is 4.79 Å². The van der Waals surface area contributed by atoms with Crippen molar-refractivity contribution in [3.8, 4) is 0 Å². The number of esters is 3. The summed E-state index contributed by atoms with van der Waals surface area (Å²) in [5, 5.41) is 9.59. The summed E-state index contributed by atoms with van der Waals surface area (Å²) in [5.41, 5.74) is -1.58. The molecule has 0 saturated carbocycles. The maximum Gasteiger partial charge on any atom is 0.330 e. The molecule has 1 rings (SSSR count). The van der Waals surface area contributed by atoms with Gasteiger partial charge in [-0.1, -0.05) is 0 Å². The van der Waals surface area contributed by atoms with E-state index in [9.17, 15) is 29.1 Å². The Bertz CT molecular complexity index is 781. The lowest BCUT2D eigenvalue weighted by atomic mass is 10.3. The van der Waals surface area contributed by atoms with Gasteiger partial charge in [-0.15, -0.1) is 0 Å². The van der Waals surface area contributed by atoms with Crippen LogP contribution in [-0.4, -0.2) is 64.6 Å². The monoisotopic (exact) mass is 402 g/mol. The Morgan fingerprint density at radius 3 is 2.07 bits per heavy atom. The topological polar surface area (TPSA) is 163 Å². The van der Waals surface area contributed by atoms with Gasteiger partial charge in [0.2, 0.25) is 0 Å². The van der Waals surface area contributed by atoms with Gasteiger partial charge in [0.05, 0.1) is 6.61 Å². The predicted octanol–water partition coefficient (Wildman–Crippen LogP) is -1.53. The van der Waals surface area contributed by atoms with Gasteiger partial charge in [0, 0.05) is 33.0 Å². The molecule has 156 valence electrons. The summed E-state index contributed by atoms with van der Waals surface area (Å²) in [6.07, 6.45) is -2.76. The van der Waals surface area contributed by atoms with Gasteiger partial charge < -0.3 is 24.1 Å². The van der Waals surface area contributed by atoms with E-state index in [2.05, 4.69) is 0 Å². The van der Waals surface area contributed by atoms with Crippen LogP contribution in [0.4, 0.5) is 0 Å². The van der Waals surface area contributed by atoms with E-state index in [1.807, 2.05) is 4.98 Å². The van der Waals surface area contributed by atoms with Gasteiger partial charge in [-0.05, 0) is 0 Å². The summed E-state index contributed by atoms with van der Waals surface area (Å²) in [6, 6.07) is 1.02. The SMILES string of the molecule is CC(=O)OCC(COC(C)=O)O[C@H]([C@@H](CO)OC(C)=O)n1ccc(=O)[nH]c1=O. The smallest absolute Gasteiger partial charge is 0.330 e. The van der Waals surface area contributed by atoms with E-state index in [1.54, 1.807) is 0 Å². The number of aromatic nitrogens is 2. The molecule has 0 aromatic carbocycles. The van der Waals surface area contributed by atoms with E-state index >= 15 is 0 Å². The third-order valence-electron chi connectivity index (χ3n) is 3.22. The van der Waals surface area contributed by atoms with Crippen molar-refractivity contribution in [1.82, 2.24) is 9.55 Å². The summed E-state index contributed by atoms with van der Waals surface area (Å²) < 4.78 is 21.2. The molecule has 2 atom stereocenters. The highest BCUT2D eigenvalue weighted by Gasteiger charge is 2.31. The summed E-state index contributed by atoms with van der Waals surface area (Å²) in [6.45, 7) is 1.96. The first kappa shape index (κ1) is 23.0. The largest absolute Gasteiger partial charge is 0.463 e. The summed E-state index contributed by atoms with van der Waals surface area (Å²) in [7, 11) is 0. The number of aromatic amines is 1. The van der Waals surface area contributed by atoms with E-state index < -0.39 is 54.2 Å². The maximum absolute atomic E-state index is 12.1. The van der Waals surface area contributed by atoms with Gasteiger partial charge >= 0.3 is 23.6 Å². The Hall–Kier alpha value is -2.99. The van der Waals surface area contributed by atoms with Gasteiger partial charge in [0.25, 0.3) is 5.56 Å². The van der Waals surface area contributed by atoms with Crippen molar-refractivity contribution < 1.29 is 38.4 Å². The molecule has 0 aliphatic heterocycles. The molecule has 0 amide bonds. The Morgan fingerprint density at radius 1 is 1.07 bits per heavy atom. The fourth-order valence-corrected chi connectivity index (χ4v) is 2.10. The van der Waals surface area contributed by atoms with Crippen LogP contribution in [0.1, 0.15) is 27.0 Å². The number of nitrogens with one attached hydrogen (secondary N) is 1. The molecule has 0 bridgehead atoms. The molecule has 0 spiro atoms. The molecule has 2 N–H and O–H groups in total. The molecule has 1 aromatic heterocycles. The standard InChI is InChI=1S/C16H22N2O10/c1-9(20)25-7-12(8-26-10(2)21)28-15(13(6-19)27-11(3)22)18-5-4-14(23)17-16(18)24/h4-5,12-13,15,19H,6-8H2,1-3H3,(H,17,23,24)/t13-,15-/m1/s1. The van der Waals surface area contributed by atoms with Gasteiger partial charge in [0.15, 0.2) is 12.3 Å². The average Bonchev–Trinajstić information content (AvgIpc) is 2.59. The number of hydrogen-bond donors (Lipinski definition) is 2. The normalized spacial score (nSPS) is 12.9. The molecular weight excluding hydrogens is 380 g/mol. The number of hydrogen-bond acceptors (Lipinski definition) is 10. The van der Waals surface area contributed by atoms with E-state index in [1.165, 1.54) is 0 Å². The zero-order valence-corrected chi connectivity index (χ0v) is 15.6. The molecular formula is C16H22N2O10. The van der Waals surface area contributed by atoms with Crippen LogP contribution < -0.4 is 11.2 Å². The molecule has 0 saturated heterocycles. The number of rotatable bonds is 10. The lowest BCUT2D eigenvalue weighted by Gasteiger charge is -2.30. The van der Waals surface area contributed by atoms with Crippen molar-refractivity contribution in [2.75, 3.05) is 19.8 Å². The first-order chi connectivity index (χ1) is 13.1. The van der Waals surface area contributed by atoms with Crippen LogP contribution in [0.25, 0.3) is 0 Å². The van der Waals surface area contributed by atoms with Crippen molar-refractivity contribution in [3.63, 3.8) is 0 Å². The minimum Gasteiger partial charge on any atom is -0.463 e. The third kappa shape index (κ3) is 7.72. The Labute approximate surface area is 159 Å². The molecule has 12 heteroatoms. The Balaban J connectivity index is 3.22. The van der Waals surface area contributed by atoms with Crippen LogP contribution in [0.5, 0.6) is 0 Å². The van der Waals surface area contributed by atoms with Crippen molar-refractivity contribution in [2.45, 2.75) is 39.2 Å². The van der Waals surface area contributed by atoms with Gasteiger partial charge in [0.1, 0.15) is 19.3 Å². The fourth-order valence-electron chi connectivity index (χ4n) is 2.10. The maximum atomic E-state index is 12.1. The first-order valence-electron chi connectivity index (χ1n) is 8.15. The molecule has 0 aliphatic rings. The molecule has 0 fully saturated rings. The number of carbonyl (C=O) groups is 3. The summed E-state index contributed by atoms with van der Waals surface area (Å²) >= 11 is 0. The highest BCUT2D eigenvalue weighted by atomic mass is 16.6. The number of carbonyl (C=O) groups excluding carboxylic acids is 3. The average molecular weight is 402 g/mol.